The number of hydrogen-bond acceptors (Lipinski definition) is 3. The summed E-state index contributed by atoms with van der Waals surface area (Å²) in [5.41, 5.74) is 1.75. The van der Waals surface area contributed by atoms with Gasteiger partial charge < -0.3 is 15.2 Å². The van der Waals surface area contributed by atoms with Crippen molar-refractivity contribution < 1.29 is 14.6 Å². The number of ether oxygens (including phenoxy) is 1. The molecular formula is C16H17NO3. The molecule has 0 fully saturated rings. The molecule has 1 amide bonds. The van der Waals surface area contributed by atoms with E-state index in [0.29, 0.717) is 13.0 Å². The predicted octanol–water partition coefficient (Wildman–Crippen LogP) is 2.86. The van der Waals surface area contributed by atoms with Crippen molar-refractivity contribution in [2.24, 2.45) is 0 Å². The number of alkyl carbamates (subject to hydrolysis) is 1. The molecule has 0 saturated carbocycles. The molecule has 104 valence electrons. The van der Waals surface area contributed by atoms with Gasteiger partial charge in [-0.2, -0.15) is 0 Å². The second kappa shape index (κ2) is 7.19. The molecule has 0 aliphatic rings. The van der Waals surface area contributed by atoms with E-state index in [1.54, 1.807) is 12.1 Å². The molecule has 0 atom stereocenters. The summed E-state index contributed by atoms with van der Waals surface area (Å²) in [5.74, 6) is 0.243. The third-order valence-electron chi connectivity index (χ3n) is 2.87. The molecule has 0 aliphatic carbocycles. The fourth-order valence-corrected chi connectivity index (χ4v) is 1.80. The number of rotatable bonds is 5. The molecule has 2 rings (SSSR count). The molecule has 0 spiro atoms. The van der Waals surface area contributed by atoms with E-state index in [1.165, 1.54) is 0 Å². The number of nitrogens with one attached hydrogen (secondary N) is 1. The Morgan fingerprint density at radius 1 is 1.05 bits per heavy atom. The average molecular weight is 271 g/mol. The van der Waals surface area contributed by atoms with Crippen LogP contribution in [0.1, 0.15) is 11.1 Å². The number of hydrogen-bond donors (Lipinski definition) is 2. The van der Waals surface area contributed by atoms with E-state index in [4.69, 9.17) is 4.74 Å². The fraction of sp³-hybridized carbons (Fsp3) is 0.188. The van der Waals surface area contributed by atoms with Crippen molar-refractivity contribution in [3.8, 4) is 5.75 Å². The number of carbonyl (C=O) groups is 1. The highest BCUT2D eigenvalue weighted by atomic mass is 16.5. The number of carbonyl (C=O) groups excluding carboxylic acids is 1. The number of phenolic OH excluding ortho intramolecular Hbond substituents is 1. The van der Waals surface area contributed by atoms with Gasteiger partial charge in [0.05, 0.1) is 0 Å². The normalized spacial score (nSPS) is 10.0. The third kappa shape index (κ3) is 4.31. The van der Waals surface area contributed by atoms with Crippen molar-refractivity contribution in [1.82, 2.24) is 5.32 Å². The Kier molecular flexibility index (Phi) is 5.00. The van der Waals surface area contributed by atoms with Gasteiger partial charge in [-0.1, -0.05) is 48.5 Å². The SMILES string of the molecule is O=C(NCCc1ccccc1O)OCc1ccccc1. The topological polar surface area (TPSA) is 58.6 Å². The molecule has 20 heavy (non-hydrogen) atoms. The maximum atomic E-state index is 11.5. The Labute approximate surface area is 118 Å². The minimum Gasteiger partial charge on any atom is -0.508 e. The number of phenols is 1. The first-order chi connectivity index (χ1) is 9.75. The van der Waals surface area contributed by atoms with Gasteiger partial charge in [-0.15, -0.1) is 0 Å². The second-order valence-corrected chi connectivity index (χ2v) is 4.37. The standard InChI is InChI=1S/C16H17NO3/c18-15-9-5-4-8-14(15)10-11-17-16(19)20-12-13-6-2-1-3-7-13/h1-9,18H,10-12H2,(H,17,19). The zero-order chi connectivity index (χ0) is 14.2. The minimum absolute atomic E-state index is 0.243. The Morgan fingerprint density at radius 3 is 2.50 bits per heavy atom. The van der Waals surface area contributed by atoms with Crippen molar-refractivity contribution in [3.63, 3.8) is 0 Å². The van der Waals surface area contributed by atoms with Gasteiger partial charge in [-0.25, -0.2) is 4.79 Å². The van der Waals surface area contributed by atoms with Crippen LogP contribution in [0.2, 0.25) is 0 Å². The minimum atomic E-state index is -0.454. The van der Waals surface area contributed by atoms with Crippen LogP contribution in [-0.2, 0) is 17.8 Å². The summed E-state index contributed by atoms with van der Waals surface area (Å²) in [6.45, 7) is 0.675. The molecule has 0 aromatic heterocycles. The van der Waals surface area contributed by atoms with Crippen molar-refractivity contribution in [2.45, 2.75) is 13.0 Å². The third-order valence-corrected chi connectivity index (χ3v) is 2.87. The van der Waals surface area contributed by atoms with Gasteiger partial charge in [0.15, 0.2) is 0 Å². The van der Waals surface area contributed by atoms with Gasteiger partial charge in [0, 0.05) is 6.54 Å². The molecule has 0 unspecified atom stereocenters. The van der Waals surface area contributed by atoms with Crippen LogP contribution >= 0.6 is 0 Å². The van der Waals surface area contributed by atoms with Crippen LogP contribution in [0.25, 0.3) is 0 Å². The molecule has 0 heterocycles. The smallest absolute Gasteiger partial charge is 0.407 e. The number of amides is 1. The summed E-state index contributed by atoms with van der Waals surface area (Å²) < 4.78 is 5.08. The maximum absolute atomic E-state index is 11.5. The van der Waals surface area contributed by atoms with Crippen LogP contribution in [0.4, 0.5) is 4.79 Å². The summed E-state index contributed by atoms with van der Waals surface area (Å²) in [6.07, 6.45) is 0.108. The van der Waals surface area contributed by atoms with E-state index < -0.39 is 6.09 Å². The van der Waals surface area contributed by atoms with Crippen LogP contribution in [-0.4, -0.2) is 17.7 Å². The largest absolute Gasteiger partial charge is 0.508 e. The van der Waals surface area contributed by atoms with Gasteiger partial charge >= 0.3 is 6.09 Å². The van der Waals surface area contributed by atoms with Gasteiger partial charge in [-0.3, -0.25) is 0 Å². The van der Waals surface area contributed by atoms with Crippen molar-refractivity contribution in [1.29, 1.82) is 0 Å². The monoisotopic (exact) mass is 271 g/mol. The molecular weight excluding hydrogens is 254 g/mol. The highest BCUT2D eigenvalue weighted by Crippen LogP contribution is 2.15. The zero-order valence-corrected chi connectivity index (χ0v) is 11.1. The highest BCUT2D eigenvalue weighted by molar-refractivity contribution is 5.67. The summed E-state index contributed by atoms with van der Waals surface area (Å²) in [7, 11) is 0. The van der Waals surface area contributed by atoms with E-state index in [9.17, 15) is 9.90 Å². The zero-order valence-electron chi connectivity index (χ0n) is 11.1. The Hall–Kier alpha value is -2.49. The van der Waals surface area contributed by atoms with Gasteiger partial charge in [-0.05, 0) is 23.6 Å². The van der Waals surface area contributed by atoms with Crippen molar-refractivity contribution in [3.05, 3.63) is 65.7 Å². The fourth-order valence-electron chi connectivity index (χ4n) is 1.80. The van der Waals surface area contributed by atoms with Crippen LogP contribution in [0.15, 0.2) is 54.6 Å². The van der Waals surface area contributed by atoms with Crippen LogP contribution in [0.3, 0.4) is 0 Å². The lowest BCUT2D eigenvalue weighted by molar-refractivity contribution is 0.140. The van der Waals surface area contributed by atoms with E-state index >= 15 is 0 Å². The van der Waals surface area contributed by atoms with E-state index in [-0.39, 0.29) is 12.4 Å². The van der Waals surface area contributed by atoms with E-state index in [0.717, 1.165) is 11.1 Å². The molecule has 0 saturated heterocycles. The van der Waals surface area contributed by atoms with E-state index in [1.807, 2.05) is 42.5 Å². The maximum Gasteiger partial charge on any atom is 0.407 e. The summed E-state index contributed by atoms with van der Waals surface area (Å²) >= 11 is 0. The predicted molar refractivity (Wildman–Crippen MR) is 76.4 cm³/mol. The lowest BCUT2D eigenvalue weighted by Crippen LogP contribution is -2.26. The first-order valence-corrected chi connectivity index (χ1v) is 6.47. The Balaban J connectivity index is 1.69. The Morgan fingerprint density at radius 2 is 1.75 bits per heavy atom. The molecule has 2 aromatic carbocycles. The molecule has 2 aromatic rings. The average Bonchev–Trinajstić information content (AvgIpc) is 2.48. The molecule has 2 N–H and O–H groups in total. The quantitative estimate of drug-likeness (QED) is 0.879. The number of aromatic hydroxyl groups is 1. The summed E-state index contributed by atoms with van der Waals surface area (Å²) in [4.78, 5) is 11.5. The second-order valence-electron chi connectivity index (χ2n) is 4.37. The van der Waals surface area contributed by atoms with Gasteiger partial charge in [0.2, 0.25) is 0 Å². The first kappa shape index (κ1) is 13.9. The first-order valence-electron chi connectivity index (χ1n) is 6.47. The summed E-state index contributed by atoms with van der Waals surface area (Å²) in [6, 6.07) is 16.6. The van der Waals surface area contributed by atoms with Gasteiger partial charge in [0.25, 0.3) is 0 Å². The molecule has 0 bridgehead atoms. The molecule has 0 aliphatic heterocycles. The van der Waals surface area contributed by atoms with Crippen molar-refractivity contribution >= 4 is 6.09 Å². The van der Waals surface area contributed by atoms with Crippen LogP contribution in [0, 0.1) is 0 Å². The van der Waals surface area contributed by atoms with Gasteiger partial charge in [0.1, 0.15) is 12.4 Å². The number of benzene rings is 2. The summed E-state index contributed by atoms with van der Waals surface area (Å²) in [5, 5.41) is 12.2. The highest BCUT2D eigenvalue weighted by Gasteiger charge is 2.03. The van der Waals surface area contributed by atoms with Crippen LogP contribution < -0.4 is 5.32 Å². The molecule has 4 nitrogen and oxygen atoms in total. The van der Waals surface area contributed by atoms with Crippen LogP contribution in [0.5, 0.6) is 5.75 Å². The molecule has 4 heteroatoms. The molecule has 0 radical (unpaired) electrons. The number of para-hydroxylation sites is 1. The Bertz CT molecular complexity index is 555. The lowest BCUT2D eigenvalue weighted by Gasteiger charge is -2.08. The lowest BCUT2D eigenvalue weighted by atomic mass is 10.1. The van der Waals surface area contributed by atoms with E-state index in [2.05, 4.69) is 5.32 Å². The van der Waals surface area contributed by atoms with Crippen molar-refractivity contribution in [2.75, 3.05) is 6.54 Å².